The maximum Gasteiger partial charge on any atom is 0.264 e. The molecule has 1 N–H and O–H groups in total. The van der Waals surface area contributed by atoms with Crippen molar-refractivity contribution < 1.29 is 18.0 Å². The van der Waals surface area contributed by atoms with Gasteiger partial charge in [-0.3, -0.25) is 13.9 Å². The predicted octanol–water partition coefficient (Wildman–Crippen LogP) is 6.14. The number of sulfonamides is 1. The molecule has 7 nitrogen and oxygen atoms in total. The Kier molecular flexibility index (Phi) is 11.0. The Bertz CT molecular complexity index is 1450. The third-order valence-electron chi connectivity index (χ3n) is 6.60. The molecule has 3 aromatic carbocycles. The van der Waals surface area contributed by atoms with E-state index < -0.39 is 28.5 Å². The Morgan fingerprint density at radius 3 is 2.25 bits per heavy atom. The smallest absolute Gasteiger partial charge is 0.264 e. The van der Waals surface area contributed by atoms with Crippen LogP contribution in [-0.4, -0.2) is 44.3 Å². The van der Waals surface area contributed by atoms with Gasteiger partial charge in [0.05, 0.1) is 15.6 Å². The molecule has 0 aliphatic rings. The molecule has 0 heterocycles. The van der Waals surface area contributed by atoms with Crippen molar-refractivity contribution in [2.24, 2.45) is 0 Å². The average molecular weight is 605 g/mol. The summed E-state index contributed by atoms with van der Waals surface area (Å²) in [5.74, 6) is -0.839. The Balaban J connectivity index is 2.11. The van der Waals surface area contributed by atoms with E-state index in [0.29, 0.717) is 13.0 Å². The van der Waals surface area contributed by atoms with Crippen LogP contribution in [0.25, 0.3) is 0 Å². The van der Waals surface area contributed by atoms with Crippen LogP contribution in [0.3, 0.4) is 0 Å². The van der Waals surface area contributed by atoms with E-state index in [2.05, 4.69) is 5.32 Å². The van der Waals surface area contributed by atoms with Crippen LogP contribution >= 0.6 is 23.2 Å². The topological polar surface area (TPSA) is 86.8 Å². The molecule has 0 spiro atoms. The zero-order valence-electron chi connectivity index (χ0n) is 23.2. The van der Waals surface area contributed by atoms with Crippen LogP contribution in [0.2, 0.25) is 10.0 Å². The number of nitrogens with zero attached hydrogens (tertiary/aromatic N) is 2. The van der Waals surface area contributed by atoms with Gasteiger partial charge < -0.3 is 10.2 Å². The molecule has 3 rings (SSSR count). The van der Waals surface area contributed by atoms with Gasteiger partial charge in [-0.2, -0.15) is 0 Å². The molecule has 3 aromatic rings. The van der Waals surface area contributed by atoms with Crippen LogP contribution in [0.5, 0.6) is 0 Å². The number of rotatable bonds is 12. The zero-order valence-corrected chi connectivity index (χ0v) is 25.5. The molecule has 0 saturated heterocycles. The molecule has 1 atom stereocenters. The van der Waals surface area contributed by atoms with Crippen LogP contribution in [0, 0.1) is 13.8 Å². The number of benzene rings is 3. The van der Waals surface area contributed by atoms with E-state index in [9.17, 15) is 18.0 Å². The van der Waals surface area contributed by atoms with Crippen molar-refractivity contribution in [3.63, 3.8) is 0 Å². The van der Waals surface area contributed by atoms with Gasteiger partial charge in [-0.15, -0.1) is 0 Å². The quantitative estimate of drug-likeness (QED) is 0.269. The Hall–Kier alpha value is -3.07. The second kappa shape index (κ2) is 14.0. The van der Waals surface area contributed by atoms with Crippen molar-refractivity contribution in [3.05, 3.63) is 93.5 Å². The fourth-order valence-electron chi connectivity index (χ4n) is 4.28. The highest BCUT2D eigenvalue weighted by molar-refractivity contribution is 7.92. The van der Waals surface area contributed by atoms with Gasteiger partial charge in [0.25, 0.3) is 10.0 Å². The minimum atomic E-state index is -4.24. The fourth-order valence-corrected chi connectivity index (χ4v) is 6.15. The molecule has 0 saturated carbocycles. The largest absolute Gasteiger partial charge is 0.354 e. The lowest BCUT2D eigenvalue weighted by molar-refractivity contribution is -0.140. The van der Waals surface area contributed by atoms with Crippen LogP contribution in [0.4, 0.5) is 5.69 Å². The van der Waals surface area contributed by atoms with E-state index >= 15 is 0 Å². The Morgan fingerprint density at radius 1 is 0.950 bits per heavy atom. The number of carbonyl (C=O) groups excluding carboxylic acids is 2. The summed E-state index contributed by atoms with van der Waals surface area (Å²) in [5.41, 5.74) is 2.76. The number of halogens is 2. The molecule has 0 aliphatic heterocycles. The lowest BCUT2D eigenvalue weighted by Crippen LogP contribution is -2.52. The second-order valence-corrected chi connectivity index (χ2v) is 12.3. The minimum Gasteiger partial charge on any atom is -0.354 e. The van der Waals surface area contributed by atoms with Gasteiger partial charge >= 0.3 is 0 Å². The summed E-state index contributed by atoms with van der Waals surface area (Å²) >= 11 is 12.7. The molecular formula is C30H35Cl2N3O4S. The molecule has 40 heavy (non-hydrogen) atoms. The summed E-state index contributed by atoms with van der Waals surface area (Å²) < 4.78 is 28.9. The van der Waals surface area contributed by atoms with Gasteiger partial charge in [-0.1, -0.05) is 79.0 Å². The summed E-state index contributed by atoms with van der Waals surface area (Å²) in [6, 6.07) is 17.5. The Morgan fingerprint density at radius 2 is 1.62 bits per heavy atom. The Labute approximate surface area is 247 Å². The molecule has 0 aromatic heterocycles. The monoisotopic (exact) mass is 603 g/mol. The van der Waals surface area contributed by atoms with Crippen molar-refractivity contribution in [1.82, 2.24) is 10.2 Å². The normalized spacial score (nSPS) is 12.1. The fraction of sp³-hybridized carbons (Fsp3) is 0.333. The van der Waals surface area contributed by atoms with Crippen LogP contribution in [-0.2, 0) is 26.2 Å². The highest BCUT2D eigenvalue weighted by atomic mass is 35.5. The van der Waals surface area contributed by atoms with Crippen molar-refractivity contribution in [1.29, 1.82) is 0 Å². The van der Waals surface area contributed by atoms with Crippen molar-refractivity contribution in [3.8, 4) is 0 Å². The van der Waals surface area contributed by atoms with Crippen LogP contribution in [0.1, 0.15) is 43.4 Å². The van der Waals surface area contributed by atoms with Gasteiger partial charge in [0.1, 0.15) is 12.6 Å². The van der Waals surface area contributed by atoms with Crippen molar-refractivity contribution in [2.75, 3.05) is 17.4 Å². The van der Waals surface area contributed by atoms with E-state index in [-0.39, 0.29) is 33.1 Å². The van der Waals surface area contributed by atoms with Crippen LogP contribution < -0.4 is 9.62 Å². The lowest BCUT2D eigenvalue weighted by Gasteiger charge is -2.33. The maximum absolute atomic E-state index is 14.1. The minimum absolute atomic E-state index is 0.000117. The second-order valence-electron chi connectivity index (χ2n) is 9.58. The van der Waals surface area contributed by atoms with Gasteiger partial charge in [-0.25, -0.2) is 8.42 Å². The summed E-state index contributed by atoms with van der Waals surface area (Å²) in [6.45, 7) is 7.56. The molecule has 214 valence electrons. The first-order valence-electron chi connectivity index (χ1n) is 13.2. The van der Waals surface area contributed by atoms with Gasteiger partial charge in [0.2, 0.25) is 11.8 Å². The molecule has 0 bridgehead atoms. The van der Waals surface area contributed by atoms with E-state index in [1.165, 1.54) is 29.2 Å². The van der Waals surface area contributed by atoms with Crippen LogP contribution in [0.15, 0.2) is 71.6 Å². The molecule has 2 amide bonds. The standard InChI is InChI=1S/C30H35Cl2N3O4S/c1-5-17-33-30(37)27(6-2)34(19-23-10-8-7-9-22(23)4)29(36)20-35(28-18-24(31)13-16-26(28)32)40(38,39)25-14-11-21(3)12-15-25/h7-16,18,27H,5-6,17,19-20H2,1-4H3,(H,33,37)/t27-/m1/s1. The lowest BCUT2D eigenvalue weighted by atomic mass is 10.1. The molecule has 10 heteroatoms. The third-order valence-corrected chi connectivity index (χ3v) is 8.93. The highest BCUT2D eigenvalue weighted by Crippen LogP contribution is 2.33. The van der Waals surface area contributed by atoms with E-state index in [1.54, 1.807) is 18.2 Å². The summed E-state index contributed by atoms with van der Waals surface area (Å²) in [5, 5.41) is 3.26. The third kappa shape index (κ3) is 7.56. The number of hydrogen-bond donors (Lipinski definition) is 1. The zero-order chi connectivity index (χ0) is 29.4. The number of carbonyl (C=O) groups is 2. The molecule has 0 aliphatic carbocycles. The number of aryl methyl sites for hydroxylation is 2. The first-order chi connectivity index (χ1) is 19.0. The summed E-state index contributed by atoms with van der Waals surface area (Å²) in [6.07, 6.45) is 1.08. The van der Waals surface area contributed by atoms with Crippen molar-refractivity contribution in [2.45, 2.75) is 58.0 Å². The van der Waals surface area contributed by atoms with E-state index in [4.69, 9.17) is 23.2 Å². The molecule has 0 unspecified atom stereocenters. The molecular weight excluding hydrogens is 569 g/mol. The number of nitrogens with one attached hydrogen (secondary N) is 1. The van der Waals surface area contributed by atoms with Crippen molar-refractivity contribution >= 4 is 50.7 Å². The summed E-state index contributed by atoms with van der Waals surface area (Å²) in [4.78, 5) is 28.7. The molecule has 0 radical (unpaired) electrons. The first kappa shape index (κ1) is 31.5. The SMILES string of the molecule is CCCNC(=O)[C@@H](CC)N(Cc1ccccc1C)C(=O)CN(c1cc(Cl)ccc1Cl)S(=O)(=O)c1ccc(C)cc1. The summed E-state index contributed by atoms with van der Waals surface area (Å²) in [7, 11) is -4.24. The average Bonchev–Trinajstić information content (AvgIpc) is 2.93. The number of amides is 2. The number of hydrogen-bond acceptors (Lipinski definition) is 4. The maximum atomic E-state index is 14.1. The van der Waals surface area contributed by atoms with E-state index in [0.717, 1.165) is 27.4 Å². The molecule has 0 fully saturated rings. The number of anilines is 1. The predicted molar refractivity (Wildman–Crippen MR) is 161 cm³/mol. The highest BCUT2D eigenvalue weighted by Gasteiger charge is 2.34. The van der Waals surface area contributed by atoms with Gasteiger partial charge in [0, 0.05) is 18.1 Å². The van der Waals surface area contributed by atoms with E-state index in [1.807, 2.05) is 52.0 Å². The first-order valence-corrected chi connectivity index (χ1v) is 15.3. The van der Waals surface area contributed by atoms with Gasteiger partial charge in [0.15, 0.2) is 0 Å². The van der Waals surface area contributed by atoms with Gasteiger partial charge in [-0.05, 0) is 68.1 Å².